The average molecular weight is 327 g/mol. The van der Waals surface area contributed by atoms with Gasteiger partial charge in [-0.1, -0.05) is 6.92 Å². The molecule has 0 spiro atoms. The van der Waals surface area contributed by atoms with Gasteiger partial charge in [0.25, 0.3) is 5.89 Å². The molecular formula is C17H21N5O2. The number of hydrogen-bond donors (Lipinski definition) is 1. The third-order valence-electron chi connectivity index (χ3n) is 4.40. The second-order valence-corrected chi connectivity index (χ2v) is 6.10. The van der Waals surface area contributed by atoms with Crippen molar-refractivity contribution in [2.45, 2.75) is 52.2 Å². The lowest BCUT2D eigenvalue weighted by Gasteiger charge is -2.23. The number of aromatic nitrogens is 4. The molecule has 24 heavy (non-hydrogen) atoms. The Morgan fingerprint density at radius 1 is 1.38 bits per heavy atom. The minimum atomic E-state index is 0.368. The quantitative estimate of drug-likeness (QED) is 0.775. The molecule has 126 valence electrons. The van der Waals surface area contributed by atoms with Crippen LogP contribution in [0.4, 0.5) is 0 Å². The Hall–Kier alpha value is -2.41. The summed E-state index contributed by atoms with van der Waals surface area (Å²) >= 11 is 0. The van der Waals surface area contributed by atoms with Crippen molar-refractivity contribution in [2.75, 3.05) is 0 Å². The number of rotatable bonds is 5. The Balaban J connectivity index is 1.41. The van der Waals surface area contributed by atoms with E-state index in [0.717, 1.165) is 48.9 Å². The van der Waals surface area contributed by atoms with Gasteiger partial charge in [0.15, 0.2) is 11.6 Å². The van der Waals surface area contributed by atoms with Gasteiger partial charge in [-0.25, -0.2) is 14.6 Å². The second-order valence-electron chi connectivity index (χ2n) is 6.10. The zero-order valence-electron chi connectivity index (χ0n) is 14.0. The molecule has 1 aliphatic heterocycles. The number of furan rings is 1. The van der Waals surface area contributed by atoms with E-state index >= 15 is 0 Å². The lowest BCUT2D eigenvalue weighted by Crippen LogP contribution is -2.37. The summed E-state index contributed by atoms with van der Waals surface area (Å²) in [4.78, 5) is 9.09. The molecule has 0 fully saturated rings. The molecule has 0 radical (unpaired) electrons. The Bertz CT molecular complexity index is 818. The third kappa shape index (κ3) is 2.87. The molecule has 0 aliphatic carbocycles. The maximum Gasteiger partial charge on any atom is 0.263 e. The van der Waals surface area contributed by atoms with Gasteiger partial charge < -0.3 is 14.2 Å². The number of aryl methyl sites for hydroxylation is 3. The highest BCUT2D eigenvalue weighted by atomic mass is 16.4. The molecule has 7 nitrogen and oxygen atoms in total. The van der Waals surface area contributed by atoms with E-state index in [-0.39, 0.29) is 0 Å². The SMILES string of the molecule is CCc1nc2n(n1)C[C@@H](NCc1nc(-c3ccco3)oc1C)CC2. The molecule has 1 aliphatic rings. The monoisotopic (exact) mass is 327 g/mol. The van der Waals surface area contributed by atoms with Crippen LogP contribution >= 0.6 is 0 Å². The highest BCUT2D eigenvalue weighted by Gasteiger charge is 2.22. The predicted molar refractivity (Wildman–Crippen MR) is 87.3 cm³/mol. The largest absolute Gasteiger partial charge is 0.459 e. The lowest BCUT2D eigenvalue weighted by atomic mass is 10.1. The molecule has 0 saturated heterocycles. The van der Waals surface area contributed by atoms with Crippen LogP contribution in [-0.2, 0) is 25.9 Å². The average Bonchev–Trinajstić information content (AvgIpc) is 3.31. The van der Waals surface area contributed by atoms with E-state index in [0.29, 0.717) is 24.2 Å². The maximum atomic E-state index is 5.70. The fourth-order valence-corrected chi connectivity index (χ4v) is 3.02. The fraction of sp³-hybridized carbons (Fsp3) is 0.471. The second kappa shape index (κ2) is 6.24. The lowest BCUT2D eigenvalue weighted by molar-refractivity contribution is 0.355. The van der Waals surface area contributed by atoms with Crippen LogP contribution in [0.3, 0.4) is 0 Å². The molecule has 4 heterocycles. The molecule has 1 atom stereocenters. The Morgan fingerprint density at radius 2 is 2.29 bits per heavy atom. The first kappa shape index (κ1) is 15.1. The van der Waals surface area contributed by atoms with Crippen molar-refractivity contribution in [1.29, 1.82) is 0 Å². The number of nitrogens with zero attached hydrogens (tertiary/aromatic N) is 4. The van der Waals surface area contributed by atoms with E-state index in [1.54, 1.807) is 6.26 Å². The van der Waals surface area contributed by atoms with Crippen molar-refractivity contribution in [3.05, 3.63) is 41.5 Å². The molecule has 4 rings (SSSR count). The van der Waals surface area contributed by atoms with Crippen LogP contribution in [-0.4, -0.2) is 25.8 Å². The molecule has 3 aromatic rings. The van der Waals surface area contributed by atoms with Crippen molar-refractivity contribution >= 4 is 0 Å². The summed E-state index contributed by atoms with van der Waals surface area (Å²) in [7, 11) is 0. The van der Waals surface area contributed by atoms with Crippen LogP contribution in [0.1, 0.15) is 36.4 Å². The molecule has 0 saturated carbocycles. The van der Waals surface area contributed by atoms with Gasteiger partial charge in [0, 0.05) is 25.4 Å². The van der Waals surface area contributed by atoms with E-state index in [1.165, 1.54) is 0 Å². The van der Waals surface area contributed by atoms with Gasteiger partial charge in [0.05, 0.1) is 18.5 Å². The topological polar surface area (TPSA) is 81.9 Å². The van der Waals surface area contributed by atoms with Crippen LogP contribution < -0.4 is 5.32 Å². The third-order valence-corrected chi connectivity index (χ3v) is 4.40. The zero-order valence-corrected chi connectivity index (χ0v) is 14.0. The van der Waals surface area contributed by atoms with Gasteiger partial charge in [0.2, 0.25) is 0 Å². The van der Waals surface area contributed by atoms with Gasteiger partial charge in [-0.2, -0.15) is 5.10 Å². The Kier molecular flexibility index (Phi) is 3.93. The van der Waals surface area contributed by atoms with E-state index in [9.17, 15) is 0 Å². The number of nitrogens with one attached hydrogen (secondary N) is 1. The van der Waals surface area contributed by atoms with Gasteiger partial charge in [0.1, 0.15) is 11.6 Å². The standard InChI is InChI=1S/C17H21N5O2/c1-3-15-20-16-7-6-12(10-22(16)21-15)18-9-13-11(2)24-17(19-13)14-5-4-8-23-14/h4-5,8,12,18H,3,6-7,9-10H2,1-2H3/t12-/m0/s1. The number of oxazole rings is 1. The van der Waals surface area contributed by atoms with Crippen molar-refractivity contribution in [1.82, 2.24) is 25.1 Å². The molecule has 7 heteroatoms. The Morgan fingerprint density at radius 3 is 3.08 bits per heavy atom. The summed E-state index contributed by atoms with van der Waals surface area (Å²) in [6.07, 6.45) is 4.52. The Labute approximate surface area is 140 Å². The van der Waals surface area contributed by atoms with E-state index in [4.69, 9.17) is 8.83 Å². The first-order valence-corrected chi connectivity index (χ1v) is 8.39. The highest BCUT2D eigenvalue weighted by molar-refractivity contribution is 5.44. The van der Waals surface area contributed by atoms with E-state index in [1.807, 2.05) is 23.7 Å². The summed E-state index contributed by atoms with van der Waals surface area (Å²) in [6.45, 7) is 5.54. The molecule has 0 unspecified atom stereocenters. The smallest absolute Gasteiger partial charge is 0.263 e. The number of hydrogen-bond acceptors (Lipinski definition) is 6. The van der Waals surface area contributed by atoms with Gasteiger partial charge >= 0.3 is 0 Å². The van der Waals surface area contributed by atoms with Crippen LogP contribution in [0.2, 0.25) is 0 Å². The van der Waals surface area contributed by atoms with Crippen LogP contribution in [0.15, 0.2) is 27.2 Å². The first-order chi connectivity index (χ1) is 11.7. The minimum Gasteiger partial charge on any atom is -0.459 e. The van der Waals surface area contributed by atoms with Gasteiger partial charge in [-0.05, 0) is 25.5 Å². The van der Waals surface area contributed by atoms with E-state index < -0.39 is 0 Å². The van der Waals surface area contributed by atoms with E-state index in [2.05, 4.69) is 27.3 Å². The molecule has 0 bridgehead atoms. The van der Waals surface area contributed by atoms with Crippen molar-refractivity contribution in [3.63, 3.8) is 0 Å². The molecule has 0 aromatic carbocycles. The maximum absolute atomic E-state index is 5.70. The molecule has 0 amide bonds. The summed E-state index contributed by atoms with van der Waals surface area (Å²) in [5, 5.41) is 8.11. The highest BCUT2D eigenvalue weighted by Crippen LogP contribution is 2.22. The summed E-state index contributed by atoms with van der Waals surface area (Å²) < 4.78 is 13.1. The van der Waals surface area contributed by atoms with Crippen LogP contribution in [0.5, 0.6) is 0 Å². The molecule has 1 N–H and O–H groups in total. The summed E-state index contributed by atoms with van der Waals surface area (Å²) in [5.41, 5.74) is 0.917. The van der Waals surface area contributed by atoms with Crippen molar-refractivity contribution in [2.24, 2.45) is 0 Å². The summed E-state index contributed by atoms with van der Waals surface area (Å²) in [6, 6.07) is 4.04. The minimum absolute atomic E-state index is 0.368. The molecular weight excluding hydrogens is 306 g/mol. The molecule has 3 aromatic heterocycles. The van der Waals surface area contributed by atoms with Crippen molar-refractivity contribution in [3.8, 4) is 11.7 Å². The van der Waals surface area contributed by atoms with Crippen LogP contribution in [0, 0.1) is 6.92 Å². The van der Waals surface area contributed by atoms with Crippen LogP contribution in [0.25, 0.3) is 11.7 Å². The first-order valence-electron chi connectivity index (χ1n) is 8.39. The normalized spacial score (nSPS) is 17.2. The predicted octanol–water partition coefficient (Wildman–Crippen LogP) is 2.50. The van der Waals surface area contributed by atoms with Gasteiger partial charge in [-0.15, -0.1) is 0 Å². The van der Waals surface area contributed by atoms with Gasteiger partial charge in [-0.3, -0.25) is 0 Å². The van der Waals surface area contributed by atoms with Crippen molar-refractivity contribution < 1.29 is 8.83 Å². The zero-order chi connectivity index (χ0) is 16.5. The summed E-state index contributed by atoms with van der Waals surface area (Å²) in [5.74, 6) is 4.04. The fourth-order valence-electron chi connectivity index (χ4n) is 3.02. The number of fused-ring (bicyclic) bond motifs is 1.